The van der Waals surface area contributed by atoms with Crippen molar-refractivity contribution in [1.29, 1.82) is 0 Å². The van der Waals surface area contributed by atoms with E-state index < -0.39 is 0 Å². The highest BCUT2D eigenvalue weighted by molar-refractivity contribution is 5.77. The summed E-state index contributed by atoms with van der Waals surface area (Å²) in [7, 11) is 0. The van der Waals surface area contributed by atoms with Gasteiger partial charge in [-0.3, -0.25) is 10.1 Å². The van der Waals surface area contributed by atoms with E-state index in [0.29, 0.717) is 6.10 Å². The van der Waals surface area contributed by atoms with Crippen LogP contribution in [0.1, 0.15) is 32.1 Å². The van der Waals surface area contributed by atoms with E-state index in [1.54, 1.807) is 12.4 Å². The summed E-state index contributed by atoms with van der Waals surface area (Å²) in [6.45, 7) is 0. The van der Waals surface area contributed by atoms with Crippen molar-refractivity contribution in [2.45, 2.75) is 38.2 Å². The van der Waals surface area contributed by atoms with Crippen LogP contribution in [0.3, 0.4) is 0 Å². The number of aromatic nitrogens is 4. The molecule has 0 aromatic carbocycles. The zero-order valence-corrected chi connectivity index (χ0v) is 12.3. The minimum absolute atomic E-state index is 0.329. The maximum atomic E-state index is 6.08. The highest BCUT2D eigenvalue weighted by Gasteiger charge is 2.15. The summed E-state index contributed by atoms with van der Waals surface area (Å²) in [5.74, 6) is 0.832. The summed E-state index contributed by atoms with van der Waals surface area (Å²) in [6.07, 6.45) is 11.8. The lowest BCUT2D eigenvalue weighted by molar-refractivity contribution is 0.154. The SMILES string of the molecule is c1ncc(-c2ccc3[nH]ncc3n2)cc1OC1CCCCC1. The molecule has 0 atom stereocenters. The molecule has 1 fully saturated rings. The van der Waals surface area contributed by atoms with Gasteiger partial charge < -0.3 is 4.74 Å². The molecule has 4 rings (SSSR count). The molecule has 0 aliphatic heterocycles. The van der Waals surface area contributed by atoms with E-state index in [-0.39, 0.29) is 0 Å². The predicted molar refractivity (Wildman–Crippen MR) is 84.6 cm³/mol. The Hall–Kier alpha value is -2.43. The van der Waals surface area contributed by atoms with Gasteiger partial charge in [-0.25, -0.2) is 4.98 Å². The van der Waals surface area contributed by atoms with Crippen LogP contribution in [-0.2, 0) is 0 Å². The first-order valence-electron chi connectivity index (χ1n) is 7.81. The van der Waals surface area contributed by atoms with Gasteiger partial charge in [0.1, 0.15) is 11.3 Å². The molecule has 3 aromatic heterocycles. The van der Waals surface area contributed by atoms with Gasteiger partial charge in [0.2, 0.25) is 0 Å². The van der Waals surface area contributed by atoms with Gasteiger partial charge in [0, 0.05) is 11.8 Å². The molecule has 1 saturated carbocycles. The molecule has 0 saturated heterocycles. The number of pyridine rings is 2. The summed E-state index contributed by atoms with van der Waals surface area (Å²) in [5, 5.41) is 6.91. The van der Waals surface area contributed by atoms with Crippen LogP contribution in [0.2, 0.25) is 0 Å². The maximum Gasteiger partial charge on any atom is 0.138 e. The average Bonchev–Trinajstić information content (AvgIpc) is 3.04. The van der Waals surface area contributed by atoms with E-state index in [2.05, 4.69) is 20.2 Å². The predicted octanol–water partition coefficient (Wildman–Crippen LogP) is 3.73. The molecule has 5 heteroatoms. The van der Waals surface area contributed by atoms with Crippen LogP contribution in [0.4, 0.5) is 0 Å². The van der Waals surface area contributed by atoms with Crippen LogP contribution in [0, 0.1) is 0 Å². The Morgan fingerprint density at radius 2 is 1.95 bits per heavy atom. The Morgan fingerprint density at radius 1 is 1.05 bits per heavy atom. The quantitative estimate of drug-likeness (QED) is 0.799. The number of nitrogens with zero attached hydrogens (tertiary/aromatic N) is 3. The summed E-state index contributed by atoms with van der Waals surface area (Å²) in [4.78, 5) is 8.91. The second kappa shape index (κ2) is 5.75. The third kappa shape index (κ3) is 2.66. The number of hydrogen-bond donors (Lipinski definition) is 1. The lowest BCUT2D eigenvalue weighted by atomic mass is 9.98. The van der Waals surface area contributed by atoms with Crippen LogP contribution in [0.5, 0.6) is 5.75 Å². The van der Waals surface area contributed by atoms with Crippen molar-refractivity contribution in [2.75, 3.05) is 0 Å². The summed E-state index contributed by atoms with van der Waals surface area (Å²) >= 11 is 0. The second-order valence-electron chi connectivity index (χ2n) is 5.79. The molecule has 0 spiro atoms. The van der Waals surface area contributed by atoms with Crippen molar-refractivity contribution in [1.82, 2.24) is 20.2 Å². The molecule has 0 radical (unpaired) electrons. The molecule has 112 valence electrons. The number of ether oxygens (including phenoxy) is 1. The Morgan fingerprint density at radius 3 is 2.86 bits per heavy atom. The van der Waals surface area contributed by atoms with Crippen molar-refractivity contribution >= 4 is 11.0 Å². The van der Waals surface area contributed by atoms with Gasteiger partial charge in [0.25, 0.3) is 0 Å². The highest BCUT2D eigenvalue weighted by Crippen LogP contribution is 2.26. The molecule has 3 aromatic rings. The third-order valence-electron chi connectivity index (χ3n) is 4.16. The molecule has 0 unspecified atom stereocenters. The highest BCUT2D eigenvalue weighted by atomic mass is 16.5. The van der Waals surface area contributed by atoms with E-state index >= 15 is 0 Å². The number of rotatable bonds is 3. The molecule has 1 aliphatic rings. The van der Waals surface area contributed by atoms with Gasteiger partial charge in [-0.05, 0) is 43.9 Å². The first-order chi connectivity index (χ1) is 10.9. The first-order valence-corrected chi connectivity index (χ1v) is 7.81. The van der Waals surface area contributed by atoms with Gasteiger partial charge in [0.05, 0.1) is 29.7 Å². The zero-order chi connectivity index (χ0) is 14.8. The van der Waals surface area contributed by atoms with Gasteiger partial charge in [-0.2, -0.15) is 5.10 Å². The van der Waals surface area contributed by atoms with E-state index in [1.165, 1.54) is 19.3 Å². The fourth-order valence-electron chi connectivity index (χ4n) is 2.99. The summed E-state index contributed by atoms with van der Waals surface area (Å²) in [5.41, 5.74) is 3.65. The first kappa shape index (κ1) is 13.2. The molecule has 0 bridgehead atoms. The largest absolute Gasteiger partial charge is 0.489 e. The van der Waals surface area contributed by atoms with Crippen LogP contribution < -0.4 is 4.74 Å². The molecule has 22 heavy (non-hydrogen) atoms. The normalized spacial score (nSPS) is 16.0. The van der Waals surface area contributed by atoms with Crippen LogP contribution in [0.25, 0.3) is 22.3 Å². The molecule has 0 amide bonds. The second-order valence-corrected chi connectivity index (χ2v) is 5.79. The number of aromatic amines is 1. The number of H-pyrrole nitrogens is 1. The molecular formula is C17H18N4O. The van der Waals surface area contributed by atoms with Crippen LogP contribution in [0.15, 0.2) is 36.8 Å². The van der Waals surface area contributed by atoms with Crippen molar-refractivity contribution in [3.63, 3.8) is 0 Å². The van der Waals surface area contributed by atoms with E-state index in [0.717, 1.165) is 40.9 Å². The van der Waals surface area contributed by atoms with Crippen molar-refractivity contribution in [2.24, 2.45) is 0 Å². The Bertz CT molecular complexity index is 777. The number of fused-ring (bicyclic) bond motifs is 1. The Kier molecular flexibility index (Phi) is 3.46. The summed E-state index contributed by atoms with van der Waals surface area (Å²) in [6, 6.07) is 5.98. The van der Waals surface area contributed by atoms with Crippen molar-refractivity contribution in [3.8, 4) is 17.0 Å². The van der Waals surface area contributed by atoms with E-state index in [4.69, 9.17) is 4.74 Å². The van der Waals surface area contributed by atoms with Gasteiger partial charge in [-0.1, -0.05) is 6.42 Å². The molecule has 1 aliphatic carbocycles. The van der Waals surface area contributed by atoms with Gasteiger partial charge in [0.15, 0.2) is 0 Å². The fourth-order valence-corrected chi connectivity index (χ4v) is 2.99. The Balaban J connectivity index is 1.60. The number of nitrogens with one attached hydrogen (secondary N) is 1. The van der Waals surface area contributed by atoms with Gasteiger partial charge in [-0.15, -0.1) is 0 Å². The minimum atomic E-state index is 0.329. The van der Waals surface area contributed by atoms with Crippen LogP contribution in [-0.4, -0.2) is 26.3 Å². The monoisotopic (exact) mass is 294 g/mol. The minimum Gasteiger partial charge on any atom is -0.489 e. The topological polar surface area (TPSA) is 63.7 Å². The smallest absolute Gasteiger partial charge is 0.138 e. The fraction of sp³-hybridized carbons (Fsp3) is 0.353. The Labute approximate surface area is 128 Å². The standard InChI is InChI=1S/C17H18N4O/c1-2-4-13(5-3-1)22-14-8-12(9-18-10-14)15-6-7-16-17(20-15)11-19-21-16/h6-11,13H,1-5H2,(H,19,21). The number of hydrogen-bond acceptors (Lipinski definition) is 4. The van der Waals surface area contributed by atoms with E-state index in [1.807, 2.05) is 24.4 Å². The molecule has 5 nitrogen and oxygen atoms in total. The molecule has 1 N–H and O–H groups in total. The lowest BCUT2D eigenvalue weighted by Gasteiger charge is -2.22. The van der Waals surface area contributed by atoms with Crippen LogP contribution >= 0.6 is 0 Å². The molecular weight excluding hydrogens is 276 g/mol. The van der Waals surface area contributed by atoms with E-state index in [9.17, 15) is 0 Å². The zero-order valence-electron chi connectivity index (χ0n) is 12.3. The average molecular weight is 294 g/mol. The van der Waals surface area contributed by atoms with Crippen molar-refractivity contribution < 1.29 is 4.74 Å². The van der Waals surface area contributed by atoms with Crippen molar-refractivity contribution in [3.05, 3.63) is 36.8 Å². The van der Waals surface area contributed by atoms with Gasteiger partial charge >= 0.3 is 0 Å². The summed E-state index contributed by atoms with van der Waals surface area (Å²) < 4.78 is 6.08. The molecule has 3 heterocycles. The lowest BCUT2D eigenvalue weighted by Crippen LogP contribution is -2.19. The maximum absolute atomic E-state index is 6.08. The third-order valence-corrected chi connectivity index (χ3v) is 4.16.